The van der Waals surface area contributed by atoms with Crippen molar-refractivity contribution in [3.8, 4) is 0 Å². The van der Waals surface area contributed by atoms with Gasteiger partial charge in [-0.2, -0.15) is 0 Å². The van der Waals surface area contributed by atoms with Gasteiger partial charge in [-0.05, 0) is 83.1 Å². The summed E-state index contributed by atoms with van der Waals surface area (Å²) in [5.74, 6) is 0. The van der Waals surface area contributed by atoms with Crippen LogP contribution >= 0.6 is 25.5 Å². The first-order valence-electron chi connectivity index (χ1n) is 9.79. The molecule has 0 heterocycles. The molecule has 1 N–H and O–H groups in total. The first kappa shape index (κ1) is 33.1. The van der Waals surface area contributed by atoms with E-state index in [4.69, 9.17) is 4.79 Å². The molecule has 27 heavy (non-hydrogen) atoms. The summed E-state index contributed by atoms with van der Waals surface area (Å²) in [5.41, 5.74) is 0. The van der Waals surface area contributed by atoms with Crippen LogP contribution in [-0.4, -0.2) is 52.8 Å². The molecule has 0 amide bonds. The summed E-state index contributed by atoms with van der Waals surface area (Å²) in [4.78, 5) is 7.75. The summed E-state index contributed by atoms with van der Waals surface area (Å²) in [6, 6.07) is 0. The van der Waals surface area contributed by atoms with Crippen molar-refractivity contribution < 1.29 is 22.1 Å². The number of rotatable bonds is 6. The van der Waals surface area contributed by atoms with Crippen LogP contribution in [0.4, 0.5) is 0 Å². The van der Waals surface area contributed by atoms with Gasteiger partial charge in [-0.15, -0.1) is 0 Å². The van der Waals surface area contributed by atoms with Gasteiger partial charge in [0.15, 0.2) is 0 Å². The van der Waals surface area contributed by atoms with Gasteiger partial charge in [-0.3, -0.25) is 6.79 Å². The number of nitrogens with one attached hydrogen (secondary N) is 1. The number of hydrogen-bond donors (Lipinski definition) is 1. The molecule has 2 nitrogen and oxygen atoms in total. The standard InChI is InChI=1S/C20H45NP2.CHO.ClH.Ru.H/c1-17(2,3)22(18(4,5)6)15-13-21-14-16-23(19(7,8)9)20(10,11)12;1-2;;;/h21H,13-16H2,1-12H3;1H;1H;;/q;-1;;+3;/p+1. The van der Waals surface area contributed by atoms with Crippen LogP contribution in [0.1, 0.15) is 83.1 Å². The van der Waals surface area contributed by atoms with E-state index in [0.717, 1.165) is 0 Å². The van der Waals surface area contributed by atoms with Gasteiger partial charge in [0, 0.05) is 28.9 Å². The molecule has 166 valence electrons. The Hall–Kier alpha value is 1.40. The van der Waals surface area contributed by atoms with Crippen molar-refractivity contribution in [2.75, 3.05) is 25.4 Å². The van der Waals surface area contributed by atoms with E-state index < -0.39 is 0 Å². The van der Waals surface area contributed by atoms with E-state index in [9.17, 15) is 0 Å². The molecule has 0 radical (unpaired) electrons. The third-order valence-electron chi connectivity index (χ3n) is 4.72. The molecule has 0 unspecified atom stereocenters. The zero-order chi connectivity index (χ0) is 22.7. The van der Waals surface area contributed by atoms with Crippen molar-refractivity contribution in [1.82, 2.24) is 5.32 Å². The van der Waals surface area contributed by atoms with E-state index >= 15 is 0 Å². The summed E-state index contributed by atoms with van der Waals surface area (Å²) in [5, 5.41) is 5.72. The second-order valence-corrected chi connectivity index (χ2v) is 20.1. The Morgan fingerprint density at radius 1 is 0.630 bits per heavy atom. The molecule has 0 spiro atoms. The molecule has 0 aromatic carbocycles. The molecule has 0 fully saturated rings. The zero-order valence-corrected chi connectivity index (χ0v) is 24.7. The Morgan fingerprint density at radius 3 is 0.963 bits per heavy atom. The van der Waals surface area contributed by atoms with Gasteiger partial charge in [0.1, 0.15) is 0 Å². The van der Waals surface area contributed by atoms with E-state index in [0.29, 0.717) is 20.6 Å². The van der Waals surface area contributed by atoms with Crippen LogP contribution in [0.5, 0.6) is 0 Å². The van der Waals surface area contributed by atoms with Crippen molar-refractivity contribution in [1.29, 1.82) is 0 Å². The van der Waals surface area contributed by atoms with Crippen LogP contribution in [0.2, 0.25) is 0 Å². The Labute approximate surface area is 188 Å². The summed E-state index contributed by atoms with van der Waals surface area (Å²) in [6.45, 7) is 34.9. The fourth-order valence-electron chi connectivity index (χ4n) is 4.30. The molecular formula is C21H49ClNOP2Ru+3. The monoisotopic (exact) mass is 530 g/mol. The molecule has 0 aliphatic rings. The Kier molecular flexibility index (Phi) is 17.6. The molecule has 0 rings (SSSR count). The van der Waals surface area contributed by atoms with Gasteiger partial charge in [0.2, 0.25) is 0 Å². The summed E-state index contributed by atoms with van der Waals surface area (Å²) in [6.07, 6.45) is 2.76. The Bertz CT molecular complexity index is 306. The van der Waals surface area contributed by atoms with Gasteiger partial charge < -0.3 is 10.1 Å². The van der Waals surface area contributed by atoms with Crippen molar-refractivity contribution in [3.05, 3.63) is 0 Å². The molecule has 0 aromatic heterocycles. The van der Waals surface area contributed by atoms with Crippen LogP contribution < -0.4 is 5.32 Å². The van der Waals surface area contributed by atoms with Gasteiger partial charge in [0.05, 0.1) is 32.9 Å². The summed E-state index contributed by atoms with van der Waals surface area (Å²) in [7, 11) is 3.84. The summed E-state index contributed by atoms with van der Waals surface area (Å²) < 4.78 is 0. The topological polar surface area (TPSA) is 29.1 Å². The van der Waals surface area contributed by atoms with Crippen LogP contribution in [0.3, 0.4) is 0 Å². The first-order chi connectivity index (χ1) is 12.0. The van der Waals surface area contributed by atoms with Crippen molar-refractivity contribution in [2.24, 2.45) is 0 Å². The third kappa shape index (κ3) is 15.8. The second kappa shape index (κ2) is 14.4. The number of hydrogen-bond acceptors (Lipinski definition) is 2. The second-order valence-electron chi connectivity index (χ2n) is 11.2. The maximum atomic E-state index is 7.75. The van der Waals surface area contributed by atoms with Crippen LogP contribution in [-0.2, 0) is 22.1 Å². The summed E-state index contributed by atoms with van der Waals surface area (Å²) >= 11 is 1.62. The number of carbonyl (C=O) groups excluding carboxylic acids is 1. The molecule has 0 aromatic rings. The molecule has 0 aliphatic heterocycles. The quantitative estimate of drug-likeness (QED) is 0.143. The van der Waals surface area contributed by atoms with Crippen molar-refractivity contribution >= 4 is 32.3 Å². The van der Waals surface area contributed by atoms with E-state index in [2.05, 4.69) is 105 Å². The van der Waals surface area contributed by atoms with E-state index in [1.165, 1.54) is 25.4 Å². The average molecular weight is 530 g/mol. The number of halogens is 1. The molecule has 0 atom stereocenters. The minimum absolute atomic E-state index is 0.386. The van der Waals surface area contributed by atoms with Gasteiger partial charge in [-0.25, -0.2) is 0 Å². The average Bonchev–Trinajstić information content (AvgIpc) is 2.45. The molecule has 0 bridgehead atoms. The molecule has 6 heteroatoms. The fraction of sp³-hybridized carbons (Fsp3) is 0.952. The third-order valence-corrected chi connectivity index (χ3v) is 13.5. The molecular weight excluding hydrogens is 481 g/mol. The molecule has 0 aliphatic carbocycles. The van der Waals surface area contributed by atoms with E-state index in [-0.39, 0.29) is 15.8 Å². The predicted octanol–water partition coefficient (Wildman–Crippen LogP) is 6.34. The molecule has 0 saturated heterocycles. The fourth-order valence-corrected chi connectivity index (χ4v) is 12.7. The van der Waals surface area contributed by atoms with Crippen LogP contribution in [0.25, 0.3) is 0 Å². The van der Waals surface area contributed by atoms with E-state index in [1.54, 1.807) is 17.3 Å². The zero-order valence-electron chi connectivity index (χ0n) is 20.1. The van der Waals surface area contributed by atoms with Crippen molar-refractivity contribution in [2.45, 2.75) is 104 Å². The minimum atomic E-state index is -0.386. The first-order valence-corrected chi connectivity index (χ1v) is 15.6. The predicted molar refractivity (Wildman–Crippen MR) is 132 cm³/mol. The van der Waals surface area contributed by atoms with Gasteiger partial charge in [0.25, 0.3) is 0 Å². The van der Waals surface area contributed by atoms with Gasteiger partial charge >= 0.3 is 27.0 Å². The van der Waals surface area contributed by atoms with Gasteiger partial charge in [-0.1, -0.05) is 0 Å². The Balaban J connectivity index is -0.00000134. The van der Waals surface area contributed by atoms with Crippen molar-refractivity contribution in [3.63, 3.8) is 0 Å². The van der Waals surface area contributed by atoms with E-state index in [1.807, 2.05) is 0 Å². The van der Waals surface area contributed by atoms with Crippen LogP contribution in [0.15, 0.2) is 0 Å². The normalized spacial score (nSPS) is 13.0. The van der Waals surface area contributed by atoms with Crippen LogP contribution in [0, 0.1) is 0 Å². The Morgan fingerprint density at radius 2 is 0.815 bits per heavy atom. The SMILES string of the molecule is CC(C)(C)[PH+](CCNCC[PH+](C(C)(C)C)C(C)(C)C)C(C)(C)C.[CH-]=O.[Cl][RuH+2]. The maximum absolute atomic E-state index is 7.75. The molecule has 0 saturated carbocycles.